The van der Waals surface area contributed by atoms with Gasteiger partial charge in [0.1, 0.15) is 0 Å². The van der Waals surface area contributed by atoms with Crippen LogP contribution in [0.15, 0.2) is 24.3 Å². The maximum atomic E-state index is 9.73. The Morgan fingerprint density at radius 1 is 1.28 bits per heavy atom. The zero-order chi connectivity index (χ0) is 13.6. The number of nitrogens with one attached hydrogen (secondary N) is 1. The second-order valence-electron chi connectivity index (χ2n) is 5.43. The molecule has 0 aromatic heterocycles. The maximum Gasteiger partial charge on any atom is 0.0898 e. The number of β-amino-alcohol motifs (C(OH)–C–C–N with tert-alkyl or cyclic N) is 1. The number of halogens is 1. The summed E-state index contributed by atoms with van der Waals surface area (Å²) in [5.41, 5.74) is 1.06. The molecule has 0 aliphatic rings. The smallest absolute Gasteiger partial charge is 0.0898 e. The molecule has 102 valence electrons. The number of rotatable bonds is 6. The molecule has 0 spiro atoms. The highest BCUT2D eigenvalue weighted by Crippen LogP contribution is 2.10. The second kappa shape index (κ2) is 7.10. The molecule has 1 atom stereocenters. The summed E-state index contributed by atoms with van der Waals surface area (Å²) >= 11 is 5.79. The largest absolute Gasteiger partial charge is 0.389 e. The van der Waals surface area contributed by atoms with E-state index >= 15 is 0 Å². The van der Waals surface area contributed by atoms with E-state index in [0.717, 1.165) is 5.56 Å². The third-order valence-electron chi connectivity index (χ3n) is 2.36. The van der Waals surface area contributed by atoms with Crippen LogP contribution in [-0.4, -0.2) is 29.9 Å². The van der Waals surface area contributed by atoms with Gasteiger partial charge in [-0.3, -0.25) is 0 Å². The summed E-state index contributed by atoms with van der Waals surface area (Å²) in [6.45, 7) is 7.54. The molecule has 0 radical (unpaired) electrons. The molecule has 18 heavy (non-hydrogen) atoms. The number of ether oxygens (including phenoxy) is 1. The Balaban J connectivity index is 2.19. The van der Waals surface area contributed by atoms with Gasteiger partial charge in [-0.2, -0.15) is 0 Å². The lowest BCUT2D eigenvalue weighted by atomic mass is 10.1. The molecular formula is C14H22ClNO2. The Bertz CT molecular complexity index is 346. The topological polar surface area (TPSA) is 41.5 Å². The van der Waals surface area contributed by atoms with Crippen molar-refractivity contribution < 1.29 is 9.84 Å². The Labute approximate surface area is 114 Å². The molecule has 0 saturated carbocycles. The minimum atomic E-state index is -0.489. The summed E-state index contributed by atoms with van der Waals surface area (Å²) < 4.78 is 5.45. The SMILES string of the molecule is CC(C)(C)NC[C@@H](O)COCc1ccc(Cl)cc1. The van der Waals surface area contributed by atoms with Crippen LogP contribution in [0.3, 0.4) is 0 Å². The summed E-state index contributed by atoms with van der Waals surface area (Å²) in [5, 5.41) is 13.7. The highest BCUT2D eigenvalue weighted by molar-refractivity contribution is 6.30. The van der Waals surface area contributed by atoms with Gasteiger partial charge in [-0.1, -0.05) is 23.7 Å². The molecule has 0 aliphatic carbocycles. The highest BCUT2D eigenvalue weighted by atomic mass is 35.5. The fourth-order valence-electron chi connectivity index (χ4n) is 1.38. The van der Waals surface area contributed by atoms with E-state index in [4.69, 9.17) is 16.3 Å². The van der Waals surface area contributed by atoms with Gasteiger partial charge in [0.05, 0.1) is 19.3 Å². The molecule has 1 aromatic rings. The Morgan fingerprint density at radius 2 is 1.89 bits per heavy atom. The fraction of sp³-hybridized carbons (Fsp3) is 0.571. The van der Waals surface area contributed by atoms with Crippen molar-refractivity contribution in [1.82, 2.24) is 5.32 Å². The minimum Gasteiger partial charge on any atom is -0.389 e. The molecule has 0 fully saturated rings. The summed E-state index contributed by atoms with van der Waals surface area (Å²) in [5.74, 6) is 0. The van der Waals surface area contributed by atoms with E-state index in [0.29, 0.717) is 24.8 Å². The van der Waals surface area contributed by atoms with Gasteiger partial charge in [0, 0.05) is 17.1 Å². The summed E-state index contributed by atoms with van der Waals surface area (Å²) in [4.78, 5) is 0. The van der Waals surface area contributed by atoms with Gasteiger partial charge < -0.3 is 15.2 Å². The minimum absolute atomic E-state index is 0.0111. The molecule has 1 rings (SSSR count). The van der Waals surface area contributed by atoms with Crippen LogP contribution in [-0.2, 0) is 11.3 Å². The van der Waals surface area contributed by atoms with Crippen molar-refractivity contribution in [1.29, 1.82) is 0 Å². The first-order valence-corrected chi connectivity index (χ1v) is 6.50. The van der Waals surface area contributed by atoms with Crippen LogP contribution >= 0.6 is 11.6 Å². The first-order chi connectivity index (χ1) is 8.37. The molecule has 4 heteroatoms. The van der Waals surface area contributed by atoms with E-state index < -0.39 is 6.10 Å². The lowest BCUT2D eigenvalue weighted by Crippen LogP contribution is -2.42. The van der Waals surface area contributed by atoms with Crippen molar-refractivity contribution in [2.75, 3.05) is 13.2 Å². The molecule has 0 aliphatic heterocycles. The van der Waals surface area contributed by atoms with Crippen LogP contribution in [0, 0.1) is 0 Å². The van der Waals surface area contributed by atoms with Crippen LogP contribution in [0.1, 0.15) is 26.3 Å². The summed E-state index contributed by atoms with van der Waals surface area (Å²) in [6, 6.07) is 7.50. The molecule has 0 amide bonds. The number of aliphatic hydroxyl groups is 1. The fourth-order valence-corrected chi connectivity index (χ4v) is 1.50. The number of aliphatic hydroxyl groups excluding tert-OH is 1. The molecule has 0 unspecified atom stereocenters. The van der Waals surface area contributed by atoms with E-state index in [1.807, 2.05) is 24.3 Å². The normalized spacial score (nSPS) is 13.6. The van der Waals surface area contributed by atoms with Crippen LogP contribution in [0.4, 0.5) is 0 Å². The van der Waals surface area contributed by atoms with Crippen molar-refractivity contribution >= 4 is 11.6 Å². The first kappa shape index (κ1) is 15.4. The lowest BCUT2D eigenvalue weighted by Gasteiger charge is -2.22. The second-order valence-corrected chi connectivity index (χ2v) is 5.86. The Morgan fingerprint density at radius 3 is 2.44 bits per heavy atom. The number of hydrogen-bond donors (Lipinski definition) is 2. The molecule has 0 saturated heterocycles. The quantitative estimate of drug-likeness (QED) is 0.836. The monoisotopic (exact) mass is 271 g/mol. The van der Waals surface area contributed by atoms with Crippen molar-refractivity contribution in [3.8, 4) is 0 Å². The van der Waals surface area contributed by atoms with Gasteiger partial charge in [0.2, 0.25) is 0 Å². The van der Waals surface area contributed by atoms with Crippen LogP contribution in [0.5, 0.6) is 0 Å². The van der Waals surface area contributed by atoms with Crippen LogP contribution in [0.25, 0.3) is 0 Å². The number of hydrogen-bond acceptors (Lipinski definition) is 3. The van der Waals surface area contributed by atoms with E-state index in [1.165, 1.54) is 0 Å². The Hall–Kier alpha value is -0.610. The van der Waals surface area contributed by atoms with Crippen molar-refractivity contribution in [3.05, 3.63) is 34.9 Å². The van der Waals surface area contributed by atoms with E-state index in [-0.39, 0.29) is 5.54 Å². The molecule has 2 N–H and O–H groups in total. The highest BCUT2D eigenvalue weighted by Gasteiger charge is 2.12. The van der Waals surface area contributed by atoms with Gasteiger partial charge >= 0.3 is 0 Å². The predicted molar refractivity (Wildman–Crippen MR) is 74.9 cm³/mol. The van der Waals surface area contributed by atoms with Gasteiger partial charge in [-0.15, -0.1) is 0 Å². The maximum absolute atomic E-state index is 9.73. The average Bonchev–Trinajstić information content (AvgIpc) is 2.28. The zero-order valence-corrected chi connectivity index (χ0v) is 12.0. The van der Waals surface area contributed by atoms with Crippen molar-refractivity contribution in [2.45, 2.75) is 39.0 Å². The van der Waals surface area contributed by atoms with Gasteiger partial charge in [0.15, 0.2) is 0 Å². The predicted octanol–water partition coefficient (Wildman–Crippen LogP) is 2.61. The average molecular weight is 272 g/mol. The van der Waals surface area contributed by atoms with Gasteiger partial charge in [0.25, 0.3) is 0 Å². The van der Waals surface area contributed by atoms with E-state index in [1.54, 1.807) is 0 Å². The third-order valence-corrected chi connectivity index (χ3v) is 2.61. The van der Waals surface area contributed by atoms with E-state index in [2.05, 4.69) is 26.1 Å². The summed E-state index contributed by atoms with van der Waals surface area (Å²) in [6.07, 6.45) is -0.489. The lowest BCUT2D eigenvalue weighted by molar-refractivity contribution is 0.0262. The van der Waals surface area contributed by atoms with E-state index in [9.17, 15) is 5.11 Å². The van der Waals surface area contributed by atoms with Gasteiger partial charge in [-0.05, 0) is 38.5 Å². The molecule has 0 heterocycles. The third kappa shape index (κ3) is 6.97. The molecule has 0 bridgehead atoms. The Kier molecular flexibility index (Phi) is 6.09. The zero-order valence-electron chi connectivity index (χ0n) is 11.2. The first-order valence-electron chi connectivity index (χ1n) is 6.12. The van der Waals surface area contributed by atoms with Crippen molar-refractivity contribution in [2.24, 2.45) is 0 Å². The number of benzene rings is 1. The standard InChI is InChI=1S/C14H22ClNO2/c1-14(2,3)16-8-13(17)10-18-9-11-4-6-12(15)7-5-11/h4-7,13,16-17H,8-10H2,1-3H3/t13-/m1/s1. The molecular weight excluding hydrogens is 250 g/mol. The van der Waals surface area contributed by atoms with Crippen LogP contribution < -0.4 is 5.32 Å². The van der Waals surface area contributed by atoms with Gasteiger partial charge in [-0.25, -0.2) is 0 Å². The molecule has 1 aromatic carbocycles. The van der Waals surface area contributed by atoms with Crippen molar-refractivity contribution in [3.63, 3.8) is 0 Å². The van der Waals surface area contributed by atoms with Crippen LogP contribution in [0.2, 0.25) is 5.02 Å². The molecule has 3 nitrogen and oxygen atoms in total. The summed E-state index contributed by atoms with van der Waals surface area (Å²) in [7, 11) is 0.